The third kappa shape index (κ3) is 3.60. The fourth-order valence-corrected chi connectivity index (χ4v) is 1.97. The highest BCUT2D eigenvalue weighted by molar-refractivity contribution is 14.1. The molecule has 0 aliphatic rings. The summed E-state index contributed by atoms with van der Waals surface area (Å²) in [6.45, 7) is 0. The molecule has 94 valence electrons. The molecule has 4 nitrogen and oxygen atoms in total. The molecule has 1 rings (SSSR count). The molecular formula is C8H4ClF3INO3. The first kappa shape index (κ1) is 14.3. The molecule has 0 atom stereocenters. The smallest absolute Gasteiger partial charge is 0.478 e. The summed E-state index contributed by atoms with van der Waals surface area (Å²) in [7, 11) is 1.13. The zero-order valence-electron chi connectivity index (χ0n) is 8.14. The van der Waals surface area contributed by atoms with Crippen LogP contribution in [0.1, 0.15) is 10.4 Å². The van der Waals surface area contributed by atoms with Gasteiger partial charge in [0.05, 0.1) is 16.2 Å². The quantitative estimate of drug-likeness (QED) is 0.597. The molecule has 0 saturated carbocycles. The average Bonchev–Trinajstić information content (AvgIpc) is 2.18. The first-order chi connectivity index (χ1) is 7.76. The molecule has 0 spiro atoms. The molecule has 9 heteroatoms. The molecule has 0 N–H and O–H groups in total. The Morgan fingerprint density at radius 3 is 2.53 bits per heavy atom. The maximum Gasteiger partial charge on any atom is 0.573 e. The fraction of sp³-hybridized carbons (Fsp3) is 0.250. The summed E-state index contributed by atoms with van der Waals surface area (Å²) in [5.41, 5.74) is -0.188. The predicted octanol–water partition coefficient (Wildman–Crippen LogP) is 2.97. The highest BCUT2D eigenvalue weighted by Gasteiger charge is 2.35. The monoisotopic (exact) mass is 381 g/mol. The molecule has 0 aliphatic heterocycles. The number of methoxy groups -OCH3 is 1. The van der Waals surface area contributed by atoms with Gasteiger partial charge in [-0.05, 0) is 34.2 Å². The maximum atomic E-state index is 12.1. The molecule has 0 aromatic carbocycles. The van der Waals surface area contributed by atoms with Crippen LogP contribution in [-0.4, -0.2) is 23.7 Å². The summed E-state index contributed by atoms with van der Waals surface area (Å²) in [6, 6.07) is 0. The van der Waals surface area contributed by atoms with Crippen molar-refractivity contribution in [1.29, 1.82) is 0 Å². The van der Waals surface area contributed by atoms with Crippen LogP contribution in [0.15, 0.2) is 6.20 Å². The van der Waals surface area contributed by atoms with E-state index < -0.39 is 17.4 Å². The van der Waals surface area contributed by atoms with Crippen LogP contribution in [0.25, 0.3) is 0 Å². The average molecular weight is 381 g/mol. The molecule has 0 saturated heterocycles. The van der Waals surface area contributed by atoms with Crippen molar-refractivity contribution in [2.45, 2.75) is 6.36 Å². The van der Waals surface area contributed by atoms with Gasteiger partial charge in [0, 0.05) is 6.20 Å². The summed E-state index contributed by atoms with van der Waals surface area (Å²) in [5.74, 6) is -1.07. The van der Waals surface area contributed by atoms with Crippen molar-refractivity contribution >= 4 is 39.4 Å². The number of halogens is 5. The zero-order chi connectivity index (χ0) is 13.2. The Morgan fingerprint density at radius 1 is 1.53 bits per heavy atom. The summed E-state index contributed by atoms with van der Waals surface area (Å²) < 4.78 is 44.7. The lowest BCUT2D eigenvalue weighted by Crippen LogP contribution is -2.19. The second kappa shape index (κ2) is 5.25. The third-order valence-electron chi connectivity index (χ3n) is 1.56. The van der Waals surface area contributed by atoms with E-state index in [-0.39, 0.29) is 15.0 Å². The van der Waals surface area contributed by atoms with Crippen molar-refractivity contribution in [1.82, 2.24) is 4.98 Å². The van der Waals surface area contributed by atoms with Crippen LogP contribution in [0.4, 0.5) is 13.2 Å². The number of rotatable bonds is 3. The highest BCUT2D eigenvalue weighted by atomic mass is 127. The SMILES string of the molecule is COc1ncc(C(=O)Cl)c(I)c1OC(F)(F)F. The lowest BCUT2D eigenvalue weighted by molar-refractivity contribution is -0.275. The Hall–Kier alpha value is -0.770. The minimum atomic E-state index is -4.91. The molecule has 0 radical (unpaired) electrons. The Morgan fingerprint density at radius 2 is 2.12 bits per heavy atom. The van der Waals surface area contributed by atoms with Crippen molar-refractivity contribution in [3.05, 3.63) is 15.3 Å². The van der Waals surface area contributed by atoms with Gasteiger partial charge < -0.3 is 9.47 Å². The van der Waals surface area contributed by atoms with E-state index in [2.05, 4.69) is 14.5 Å². The molecule has 0 fully saturated rings. The van der Waals surface area contributed by atoms with Gasteiger partial charge >= 0.3 is 6.36 Å². The number of hydrogen-bond acceptors (Lipinski definition) is 4. The largest absolute Gasteiger partial charge is 0.573 e. The molecule has 0 amide bonds. The Kier molecular flexibility index (Phi) is 4.42. The summed E-state index contributed by atoms with van der Waals surface area (Å²) >= 11 is 6.68. The molecule has 1 aromatic rings. The molecular weight excluding hydrogens is 377 g/mol. The number of hydrogen-bond donors (Lipinski definition) is 0. The summed E-state index contributed by atoms with van der Waals surface area (Å²) in [5, 5.41) is -0.934. The van der Waals surface area contributed by atoms with E-state index in [1.54, 1.807) is 0 Å². The minimum absolute atomic E-state index is 0.119. The molecule has 0 unspecified atom stereocenters. The van der Waals surface area contributed by atoms with E-state index in [1.807, 2.05) is 0 Å². The van der Waals surface area contributed by atoms with Crippen molar-refractivity contribution in [3.8, 4) is 11.6 Å². The van der Waals surface area contributed by atoms with E-state index in [0.29, 0.717) is 0 Å². The number of nitrogens with zero attached hydrogens (tertiary/aromatic N) is 1. The standard InChI is InChI=1S/C8H4ClF3INO3/c1-16-7-5(17-8(10,11)12)4(13)3(2-14-7)6(9)15/h2H,1H3. The minimum Gasteiger partial charge on any atom is -0.478 e. The van der Waals surface area contributed by atoms with Crippen LogP contribution in [0.2, 0.25) is 0 Å². The van der Waals surface area contributed by atoms with Gasteiger partial charge in [-0.25, -0.2) is 4.98 Å². The molecule has 1 aromatic heterocycles. The number of ether oxygens (including phenoxy) is 2. The summed E-state index contributed by atoms with van der Waals surface area (Å²) in [4.78, 5) is 14.4. The van der Waals surface area contributed by atoms with Gasteiger partial charge in [-0.15, -0.1) is 13.2 Å². The molecule has 1 heterocycles. The van der Waals surface area contributed by atoms with Gasteiger partial charge in [-0.1, -0.05) is 0 Å². The Labute approximate surface area is 112 Å². The predicted molar refractivity (Wildman–Crippen MR) is 60.4 cm³/mol. The van der Waals surface area contributed by atoms with Gasteiger partial charge in [-0.2, -0.15) is 0 Å². The normalized spacial score (nSPS) is 11.2. The fourth-order valence-electron chi connectivity index (χ4n) is 0.941. The van der Waals surface area contributed by atoms with Crippen molar-refractivity contribution in [2.75, 3.05) is 7.11 Å². The van der Waals surface area contributed by atoms with Crippen LogP contribution < -0.4 is 9.47 Å². The number of pyridine rings is 1. The van der Waals surface area contributed by atoms with Gasteiger partial charge in [0.15, 0.2) is 0 Å². The van der Waals surface area contributed by atoms with E-state index >= 15 is 0 Å². The topological polar surface area (TPSA) is 48.4 Å². The Balaban J connectivity index is 3.32. The molecule has 0 aliphatic carbocycles. The Bertz CT molecular complexity index is 452. The van der Waals surface area contributed by atoms with Crippen LogP contribution in [-0.2, 0) is 0 Å². The van der Waals surface area contributed by atoms with E-state index in [4.69, 9.17) is 11.6 Å². The van der Waals surface area contributed by atoms with Crippen molar-refractivity contribution in [2.24, 2.45) is 0 Å². The number of carbonyl (C=O) groups is 1. The second-order valence-electron chi connectivity index (χ2n) is 2.65. The van der Waals surface area contributed by atoms with E-state index in [1.165, 1.54) is 22.6 Å². The van der Waals surface area contributed by atoms with Crippen LogP contribution in [0.3, 0.4) is 0 Å². The van der Waals surface area contributed by atoms with E-state index in [9.17, 15) is 18.0 Å². The van der Waals surface area contributed by atoms with Crippen LogP contribution >= 0.6 is 34.2 Å². The first-order valence-corrected chi connectivity index (χ1v) is 5.40. The lowest BCUT2D eigenvalue weighted by Gasteiger charge is -2.14. The zero-order valence-corrected chi connectivity index (χ0v) is 11.1. The van der Waals surface area contributed by atoms with Crippen LogP contribution in [0, 0.1) is 3.57 Å². The van der Waals surface area contributed by atoms with Gasteiger partial charge in [0.25, 0.3) is 11.1 Å². The number of carbonyl (C=O) groups excluding carboxylic acids is 1. The highest BCUT2D eigenvalue weighted by Crippen LogP contribution is 2.36. The van der Waals surface area contributed by atoms with Crippen molar-refractivity contribution in [3.63, 3.8) is 0 Å². The van der Waals surface area contributed by atoms with Gasteiger partial charge in [-0.3, -0.25) is 4.79 Å². The molecule has 17 heavy (non-hydrogen) atoms. The van der Waals surface area contributed by atoms with Crippen molar-refractivity contribution < 1.29 is 27.4 Å². The van der Waals surface area contributed by atoms with E-state index in [0.717, 1.165) is 13.3 Å². The summed E-state index contributed by atoms with van der Waals surface area (Å²) in [6.07, 6.45) is -3.90. The second-order valence-corrected chi connectivity index (χ2v) is 4.07. The maximum absolute atomic E-state index is 12.1. The van der Waals surface area contributed by atoms with Gasteiger partial charge in [0.1, 0.15) is 0 Å². The van der Waals surface area contributed by atoms with Crippen LogP contribution in [0.5, 0.6) is 11.6 Å². The third-order valence-corrected chi connectivity index (χ3v) is 2.84. The lowest BCUT2D eigenvalue weighted by atomic mass is 10.3. The molecule has 0 bridgehead atoms. The number of alkyl halides is 3. The number of aromatic nitrogens is 1. The first-order valence-electron chi connectivity index (χ1n) is 3.94. The van der Waals surface area contributed by atoms with Gasteiger partial charge in [0.2, 0.25) is 5.75 Å².